The molecule has 0 atom stereocenters. The van der Waals surface area contributed by atoms with E-state index in [0.29, 0.717) is 34.7 Å². The van der Waals surface area contributed by atoms with Gasteiger partial charge in [-0.1, -0.05) is 36.4 Å². The van der Waals surface area contributed by atoms with Crippen LogP contribution in [-0.2, 0) is 16.1 Å². The molecule has 0 bridgehead atoms. The van der Waals surface area contributed by atoms with Crippen LogP contribution >= 0.6 is 15.9 Å². The van der Waals surface area contributed by atoms with Crippen molar-refractivity contribution in [2.45, 2.75) is 20.5 Å². The molecule has 1 aliphatic rings. The summed E-state index contributed by atoms with van der Waals surface area (Å²) in [6.07, 6.45) is 1.56. The van der Waals surface area contributed by atoms with Gasteiger partial charge in [-0.05, 0) is 76.8 Å². The van der Waals surface area contributed by atoms with Crippen LogP contribution in [0.4, 0.5) is 4.39 Å². The molecule has 168 valence electrons. The zero-order chi connectivity index (χ0) is 23.4. The number of halogens is 2. The highest BCUT2D eigenvalue weighted by atomic mass is 79.9. The van der Waals surface area contributed by atoms with E-state index in [-0.39, 0.29) is 17.2 Å². The summed E-state index contributed by atoms with van der Waals surface area (Å²) in [6, 6.07) is 17.6. The van der Waals surface area contributed by atoms with Gasteiger partial charge in [0.2, 0.25) is 5.90 Å². The van der Waals surface area contributed by atoms with Gasteiger partial charge >= 0.3 is 5.97 Å². The van der Waals surface area contributed by atoms with Crippen molar-refractivity contribution in [2.24, 2.45) is 4.99 Å². The molecule has 7 heteroatoms. The lowest BCUT2D eigenvalue weighted by molar-refractivity contribution is -0.129. The smallest absolute Gasteiger partial charge is 0.363 e. The average Bonchev–Trinajstić information content (AvgIpc) is 3.14. The van der Waals surface area contributed by atoms with Gasteiger partial charge in [-0.2, -0.15) is 0 Å². The van der Waals surface area contributed by atoms with Crippen molar-refractivity contribution in [3.05, 3.63) is 98.9 Å². The molecule has 0 saturated carbocycles. The average molecular weight is 510 g/mol. The van der Waals surface area contributed by atoms with Gasteiger partial charge in [-0.15, -0.1) is 0 Å². The van der Waals surface area contributed by atoms with Crippen LogP contribution in [0, 0.1) is 12.7 Å². The fraction of sp³-hybridized carbons (Fsp3) is 0.154. The van der Waals surface area contributed by atoms with Crippen molar-refractivity contribution < 1.29 is 23.4 Å². The van der Waals surface area contributed by atoms with E-state index in [1.165, 1.54) is 12.1 Å². The Labute approximate surface area is 199 Å². The van der Waals surface area contributed by atoms with Gasteiger partial charge in [0.15, 0.2) is 17.2 Å². The molecule has 1 aliphatic heterocycles. The van der Waals surface area contributed by atoms with Crippen LogP contribution in [0.25, 0.3) is 6.08 Å². The Bertz CT molecular complexity index is 1270. The molecular formula is C26H21BrFNO4. The molecule has 0 radical (unpaired) electrons. The number of ether oxygens (including phenoxy) is 3. The normalized spacial score (nSPS) is 14.2. The Balaban J connectivity index is 1.63. The lowest BCUT2D eigenvalue weighted by Gasteiger charge is -2.15. The van der Waals surface area contributed by atoms with E-state index < -0.39 is 11.8 Å². The first-order valence-corrected chi connectivity index (χ1v) is 11.2. The first kappa shape index (κ1) is 22.7. The maximum Gasteiger partial charge on any atom is 0.363 e. The number of nitrogens with zero attached hydrogens (tertiary/aromatic N) is 1. The third-order valence-electron chi connectivity index (χ3n) is 4.99. The largest absolute Gasteiger partial charge is 0.490 e. The first-order valence-electron chi connectivity index (χ1n) is 10.4. The minimum atomic E-state index is -0.651. The quantitative estimate of drug-likeness (QED) is 0.280. The van der Waals surface area contributed by atoms with Gasteiger partial charge in [0.05, 0.1) is 16.6 Å². The molecular weight excluding hydrogens is 489 g/mol. The van der Waals surface area contributed by atoms with Crippen LogP contribution in [-0.4, -0.2) is 18.5 Å². The van der Waals surface area contributed by atoms with Crippen LogP contribution in [0.15, 0.2) is 75.8 Å². The number of aliphatic imine (C=N–C) groups is 1. The number of rotatable bonds is 7. The van der Waals surface area contributed by atoms with E-state index in [2.05, 4.69) is 20.9 Å². The Morgan fingerprint density at radius 3 is 2.61 bits per heavy atom. The standard InChI is InChI=1S/C26H21BrFNO4/c1-3-31-23-14-17(12-20(27)24(23)32-15-18-9-5-4-8-16(18)2)13-22-26(30)33-25(29-22)19-10-6-7-11-21(19)28/h4-14H,3,15H2,1-2H3/b22-13-. The van der Waals surface area contributed by atoms with Gasteiger partial charge in [0.1, 0.15) is 12.4 Å². The highest BCUT2D eigenvalue weighted by molar-refractivity contribution is 9.10. The second kappa shape index (κ2) is 10.0. The van der Waals surface area contributed by atoms with Crippen molar-refractivity contribution in [3.8, 4) is 11.5 Å². The fourth-order valence-electron chi connectivity index (χ4n) is 3.31. The second-order valence-corrected chi connectivity index (χ2v) is 8.15. The summed E-state index contributed by atoms with van der Waals surface area (Å²) >= 11 is 3.55. The first-order chi connectivity index (χ1) is 16.0. The number of carbonyl (C=O) groups is 1. The van der Waals surface area contributed by atoms with Crippen molar-refractivity contribution >= 4 is 33.9 Å². The number of aryl methyl sites for hydroxylation is 1. The van der Waals surface area contributed by atoms with Gasteiger partial charge in [-0.3, -0.25) is 0 Å². The highest BCUT2D eigenvalue weighted by Gasteiger charge is 2.26. The lowest BCUT2D eigenvalue weighted by Crippen LogP contribution is -2.07. The minimum Gasteiger partial charge on any atom is -0.490 e. The second-order valence-electron chi connectivity index (χ2n) is 7.29. The third-order valence-corrected chi connectivity index (χ3v) is 5.58. The highest BCUT2D eigenvalue weighted by Crippen LogP contribution is 2.38. The lowest BCUT2D eigenvalue weighted by atomic mass is 10.1. The predicted octanol–water partition coefficient (Wildman–Crippen LogP) is 6.22. The molecule has 5 nitrogen and oxygen atoms in total. The molecule has 0 aromatic heterocycles. The van der Waals surface area contributed by atoms with Crippen molar-refractivity contribution in [2.75, 3.05) is 6.61 Å². The number of esters is 1. The van der Waals surface area contributed by atoms with Crippen LogP contribution in [0.2, 0.25) is 0 Å². The fourth-order valence-corrected chi connectivity index (χ4v) is 3.89. The maximum atomic E-state index is 14.0. The summed E-state index contributed by atoms with van der Waals surface area (Å²) in [7, 11) is 0. The van der Waals surface area contributed by atoms with Crippen molar-refractivity contribution in [1.29, 1.82) is 0 Å². The van der Waals surface area contributed by atoms with Crippen molar-refractivity contribution in [1.82, 2.24) is 0 Å². The van der Waals surface area contributed by atoms with E-state index in [1.54, 1.807) is 30.3 Å². The summed E-state index contributed by atoms with van der Waals surface area (Å²) in [5, 5.41) is 0. The van der Waals surface area contributed by atoms with Gasteiger partial charge in [0.25, 0.3) is 0 Å². The van der Waals surface area contributed by atoms with Crippen LogP contribution in [0.1, 0.15) is 29.2 Å². The molecule has 0 fully saturated rings. The number of hydrogen-bond acceptors (Lipinski definition) is 5. The molecule has 4 rings (SSSR count). The van der Waals surface area contributed by atoms with Crippen LogP contribution < -0.4 is 9.47 Å². The molecule has 0 amide bonds. The van der Waals surface area contributed by atoms with E-state index >= 15 is 0 Å². The molecule has 0 spiro atoms. The van der Waals surface area contributed by atoms with Gasteiger partial charge in [0, 0.05) is 0 Å². The van der Waals surface area contributed by atoms with E-state index in [0.717, 1.165) is 11.1 Å². The summed E-state index contributed by atoms with van der Waals surface area (Å²) in [5.41, 5.74) is 3.05. The Kier molecular flexibility index (Phi) is 6.89. The SMILES string of the molecule is CCOc1cc(/C=C2\N=C(c3ccccc3F)OC2=O)cc(Br)c1OCc1ccccc1C. The number of cyclic esters (lactones) is 1. The van der Waals surface area contributed by atoms with Gasteiger partial charge < -0.3 is 14.2 Å². The Morgan fingerprint density at radius 2 is 1.85 bits per heavy atom. The van der Waals surface area contributed by atoms with Crippen molar-refractivity contribution in [3.63, 3.8) is 0 Å². The zero-order valence-corrected chi connectivity index (χ0v) is 19.7. The van der Waals surface area contributed by atoms with E-state index in [4.69, 9.17) is 14.2 Å². The summed E-state index contributed by atoms with van der Waals surface area (Å²) in [4.78, 5) is 16.5. The molecule has 0 unspecified atom stereocenters. The maximum absolute atomic E-state index is 14.0. The monoisotopic (exact) mass is 509 g/mol. The number of carbonyl (C=O) groups excluding carboxylic acids is 1. The minimum absolute atomic E-state index is 0.0633. The molecule has 3 aromatic rings. The topological polar surface area (TPSA) is 57.1 Å². The Morgan fingerprint density at radius 1 is 1.09 bits per heavy atom. The molecule has 0 saturated heterocycles. The molecule has 1 heterocycles. The van der Waals surface area contributed by atoms with Gasteiger partial charge in [-0.25, -0.2) is 14.2 Å². The molecule has 33 heavy (non-hydrogen) atoms. The number of hydrogen-bond donors (Lipinski definition) is 0. The van der Waals surface area contributed by atoms with Crippen LogP contribution in [0.3, 0.4) is 0 Å². The zero-order valence-electron chi connectivity index (χ0n) is 18.1. The Hall–Kier alpha value is -3.45. The summed E-state index contributed by atoms with van der Waals surface area (Å²) in [6.45, 7) is 4.73. The van der Waals surface area contributed by atoms with E-state index in [9.17, 15) is 9.18 Å². The summed E-state index contributed by atoms with van der Waals surface area (Å²) in [5.74, 6) is -0.139. The number of benzene rings is 3. The molecule has 3 aromatic carbocycles. The third kappa shape index (κ3) is 5.14. The molecule has 0 N–H and O–H groups in total. The van der Waals surface area contributed by atoms with E-state index in [1.807, 2.05) is 38.1 Å². The molecule has 0 aliphatic carbocycles. The van der Waals surface area contributed by atoms with Crippen LogP contribution in [0.5, 0.6) is 11.5 Å². The summed E-state index contributed by atoms with van der Waals surface area (Å²) < 4.78 is 31.8. The predicted molar refractivity (Wildman–Crippen MR) is 128 cm³/mol.